The molecule has 0 N–H and O–H groups in total. The summed E-state index contributed by atoms with van der Waals surface area (Å²) >= 11 is 0. The first kappa shape index (κ1) is 16.8. The molecule has 0 radical (unpaired) electrons. The topological polar surface area (TPSA) is 73.1 Å². The van der Waals surface area contributed by atoms with Gasteiger partial charge in [0.25, 0.3) is 12.3 Å². The van der Waals surface area contributed by atoms with E-state index >= 15 is 0 Å². The Bertz CT molecular complexity index is 1040. The largest absolute Gasteiger partial charge is 0.328 e. The zero-order valence-electron chi connectivity index (χ0n) is 14.0. The van der Waals surface area contributed by atoms with E-state index in [1.165, 1.54) is 17.0 Å². The van der Waals surface area contributed by atoms with E-state index in [1.807, 2.05) is 30.3 Å². The lowest BCUT2D eigenvalue weighted by molar-refractivity contribution is -0.117. The zero-order valence-corrected chi connectivity index (χ0v) is 14.0. The molecular weight excluding hydrogens is 352 g/mol. The van der Waals surface area contributed by atoms with Gasteiger partial charge in [0, 0.05) is 28.7 Å². The summed E-state index contributed by atoms with van der Waals surface area (Å²) in [5, 5.41) is 11.3. The van der Waals surface area contributed by atoms with Crippen molar-refractivity contribution < 1.29 is 13.6 Å². The van der Waals surface area contributed by atoms with Crippen LogP contribution in [0.15, 0.2) is 55.0 Å². The standard InChI is InChI=1S/C19H13F2N5O/c20-18(21)13-5-6-17(24-9-13)26-11-25(15(7-22)19(26)27)16-10-23-8-12-3-1-2-4-14(12)16/h1-6,8-10,15,18H,11H2. The number of hydrogen-bond acceptors (Lipinski definition) is 5. The molecule has 0 saturated carbocycles. The van der Waals surface area contributed by atoms with Crippen LogP contribution >= 0.6 is 0 Å². The minimum atomic E-state index is -2.63. The van der Waals surface area contributed by atoms with Crippen molar-refractivity contribution in [1.82, 2.24) is 9.97 Å². The van der Waals surface area contributed by atoms with Gasteiger partial charge in [-0.15, -0.1) is 0 Å². The van der Waals surface area contributed by atoms with E-state index in [9.17, 15) is 18.8 Å². The molecule has 0 spiro atoms. The molecule has 1 aliphatic heterocycles. The lowest BCUT2D eigenvalue weighted by Gasteiger charge is -2.21. The third kappa shape index (κ3) is 2.83. The van der Waals surface area contributed by atoms with E-state index < -0.39 is 18.4 Å². The third-order valence-electron chi connectivity index (χ3n) is 4.48. The maximum atomic E-state index is 12.7. The second-order valence-corrected chi connectivity index (χ2v) is 6.04. The molecule has 2 aromatic heterocycles. The minimum absolute atomic E-state index is 0.0772. The number of halogens is 2. The van der Waals surface area contributed by atoms with Crippen LogP contribution < -0.4 is 9.80 Å². The second kappa shape index (κ2) is 6.61. The van der Waals surface area contributed by atoms with Gasteiger partial charge in [-0.2, -0.15) is 5.26 Å². The first-order chi connectivity index (χ1) is 13.1. The van der Waals surface area contributed by atoms with Crippen molar-refractivity contribution >= 4 is 28.2 Å². The van der Waals surface area contributed by atoms with Crippen LogP contribution in [0.3, 0.4) is 0 Å². The smallest absolute Gasteiger partial charge is 0.267 e. The van der Waals surface area contributed by atoms with Gasteiger partial charge in [-0.1, -0.05) is 24.3 Å². The molecule has 0 aliphatic carbocycles. The molecule has 1 atom stereocenters. The van der Waals surface area contributed by atoms with Crippen molar-refractivity contribution in [1.29, 1.82) is 5.26 Å². The molecule has 3 heterocycles. The lowest BCUT2D eigenvalue weighted by atomic mass is 10.1. The highest BCUT2D eigenvalue weighted by Gasteiger charge is 2.40. The number of benzene rings is 1. The number of rotatable bonds is 3. The predicted molar refractivity (Wildman–Crippen MR) is 95.2 cm³/mol. The number of hydrogen-bond donors (Lipinski definition) is 0. The summed E-state index contributed by atoms with van der Waals surface area (Å²) in [6.45, 7) is 0.0772. The van der Waals surface area contributed by atoms with Gasteiger partial charge in [-0.3, -0.25) is 14.7 Å². The Hall–Kier alpha value is -3.60. The van der Waals surface area contributed by atoms with E-state index in [4.69, 9.17) is 0 Å². The first-order valence-corrected chi connectivity index (χ1v) is 8.14. The monoisotopic (exact) mass is 365 g/mol. The molecule has 1 aromatic carbocycles. The number of carbonyl (C=O) groups excluding carboxylic acids is 1. The van der Waals surface area contributed by atoms with Crippen molar-refractivity contribution in [3.05, 3.63) is 60.6 Å². The van der Waals surface area contributed by atoms with Crippen LogP contribution in [0.1, 0.15) is 12.0 Å². The number of nitrogens with zero attached hydrogens (tertiary/aromatic N) is 5. The number of amides is 1. The Morgan fingerprint density at radius 2 is 1.96 bits per heavy atom. The molecule has 1 saturated heterocycles. The van der Waals surface area contributed by atoms with E-state index in [-0.39, 0.29) is 18.1 Å². The maximum Gasteiger partial charge on any atom is 0.267 e. The predicted octanol–water partition coefficient (Wildman–Crippen LogP) is 3.27. The van der Waals surface area contributed by atoms with E-state index in [0.717, 1.165) is 17.0 Å². The van der Waals surface area contributed by atoms with E-state index in [1.54, 1.807) is 17.3 Å². The highest BCUT2D eigenvalue weighted by Crippen LogP contribution is 2.32. The molecule has 1 fully saturated rings. The summed E-state index contributed by atoms with van der Waals surface area (Å²) in [6.07, 6.45) is 1.72. The fourth-order valence-corrected chi connectivity index (χ4v) is 3.13. The van der Waals surface area contributed by atoms with Gasteiger partial charge in [0.1, 0.15) is 12.5 Å². The fraction of sp³-hybridized carbons (Fsp3) is 0.158. The molecular formula is C19H13F2N5O. The molecule has 1 amide bonds. The summed E-state index contributed by atoms with van der Waals surface area (Å²) in [6, 6.07) is 11.1. The van der Waals surface area contributed by atoms with Gasteiger partial charge >= 0.3 is 0 Å². The summed E-state index contributed by atoms with van der Waals surface area (Å²) in [5.74, 6) is -0.233. The van der Waals surface area contributed by atoms with Crippen molar-refractivity contribution in [2.45, 2.75) is 12.5 Å². The van der Waals surface area contributed by atoms with E-state index in [0.29, 0.717) is 5.69 Å². The van der Waals surface area contributed by atoms with Gasteiger partial charge in [0.2, 0.25) is 0 Å². The number of carbonyl (C=O) groups is 1. The molecule has 4 rings (SSSR count). The molecule has 27 heavy (non-hydrogen) atoms. The highest BCUT2D eigenvalue weighted by atomic mass is 19.3. The molecule has 1 unspecified atom stereocenters. The molecule has 3 aromatic rings. The first-order valence-electron chi connectivity index (χ1n) is 8.14. The fourth-order valence-electron chi connectivity index (χ4n) is 3.13. The Kier molecular flexibility index (Phi) is 4.12. The number of anilines is 2. The highest BCUT2D eigenvalue weighted by molar-refractivity contribution is 6.06. The molecule has 8 heteroatoms. The van der Waals surface area contributed by atoms with Gasteiger partial charge in [-0.25, -0.2) is 13.8 Å². The normalized spacial score (nSPS) is 17.0. The van der Waals surface area contributed by atoms with Crippen molar-refractivity contribution in [2.24, 2.45) is 0 Å². The molecule has 0 bridgehead atoms. The zero-order chi connectivity index (χ0) is 19.0. The number of nitriles is 1. The van der Waals surface area contributed by atoms with Crippen molar-refractivity contribution in [3.63, 3.8) is 0 Å². The number of alkyl halides is 2. The van der Waals surface area contributed by atoms with E-state index in [2.05, 4.69) is 9.97 Å². The van der Waals surface area contributed by atoms with Gasteiger partial charge in [0.15, 0.2) is 6.04 Å². The number of fused-ring (bicyclic) bond motifs is 1. The summed E-state index contributed by atoms with van der Waals surface area (Å²) in [4.78, 5) is 23.8. The molecule has 1 aliphatic rings. The average Bonchev–Trinajstić information content (AvgIpc) is 3.03. The Morgan fingerprint density at radius 1 is 1.15 bits per heavy atom. The molecule has 134 valence electrons. The number of aromatic nitrogens is 2. The quantitative estimate of drug-likeness (QED) is 0.712. The van der Waals surface area contributed by atoms with Gasteiger partial charge < -0.3 is 4.90 Å². The van der Waals surface area contributed by atoms with Crippen LogP contribution in [0.25, 0.3) is 10.8 Å². The Morgan fingerprint density at radius 3 is 2.67 bits per heavy atom. The van der Waals surface area contributed by atoms with Crippen LogP contribution in [0.4, 0.5) is 20.3 Å². The second-order valence-electron chi connectivity index (χ2n) is 6.04. The molecule has 6 nitrogen and oxygen atoms in total. The Balaban J connectivity index is 1.73. The SMILES string of the molecule is N#CC1C(=O)N(c2ccc(C(F)F)cn2)CN1c1cncc2ccccc12. The van der Waals surface area contributed by atoms with Gasteiger partial charge in [-0.05, 0) is 12.1 Å². The average molecular weight is 365 g/mol. The minimum Gasteiger partial charge on any atom is -0.328 e. The summed E-state index contributed by atoms with van der Waals surface area (Å²) < 4.78 is 25.4. The van der Waals surface area contributed by atoms with Crippen LogP contribution in [-0.4, -0.2) is 28.6 Å². The Labute approximate surface area is 153 Å². The van der Waals surface area contributed by atoms with Crippen LogP contribution in [0, 0.1) is 11.3 Å². The van der Waals surface area contributed by atoms with Crippen molar-refractivity contribution in [3.8, 4) is 6.07 Å². The summed E-state index contributed by atoms with van der Waals surface area (Å²) in [5.41, 5.74) is 0.428. The summed E-state index contributed by atoms with van der Waals surface area (Å²) in [7, 11) is 0. The maximum absolute atomic E-state index is 12.7. The van der Waals surface area contributed by atoms with Crippen molar-refractivity contribution in [2.75, 3.05) is 16.5 Å². The van der Waals surface area contributed by atoms with Crippen LogP contribution in [-0.2, 0) is 4.79 Å². The van der Waals surface area contributed by atoms with Gasteiger partial charge in [0.05, 0.1) is 18.0 Å². The number of pyridine rings is 2. The van der Waals surface area contributed by atoms with Crippen LogP contribution in [0.2, 0.25) is 0 Å². The van der Waals surface area contributed by atoms with Crippen LogP contribution in [0.5, 0.6) is 0 Å². The lowest BCUT2D eigenvalue weighted by Crippen LogP contribution is -2.32. The third-order valence-corrected chi connectivity index (χ3v) is 4.48.